The second kappa shape index (κ2) is 7.86. The average molecular weight is 325 g/mol. The SMILES string of the molecule is COc1ccccc1OCCC1CCN(C(=O)c2ccccc2)C1. The van der Waals surface area contributed by atoms with Crippen LogP contribution in [0, 0.1) is 5.92 Å². The van der Waals surface area contributed by atoms with Gasteiger partial charge in [0.1, 0.15) is 0 Å². The molecule has 4 nitrogen and oxygen atoms in total. The molecule has 1 fully saturated rings. The molecule has 1 aliphatic rings. The number of hydrogen-bond acceptors (Lipinski definition) is 3. The number of methoxy groups -OCH3 is 1. The van der Waals surface area contributed by atoms with Gasteiger partial charge in [-0.05, 0) is 43.0 Å². The molecule has 24 heavy (non-hydrogen) atoms. The predicted octanol–water partition coefficient (Wildman–Crippen LogP) is 3.63. The molecule has 2 aromatic carbocycles. The number of para-hydroxylation sites is 2. The lowest BCUT2D eigenvalue weighted by molar-refractivity contribution is 0.0785. The Balaban J connectivity index is 1.47. The zero-order valence-corrected chi connectivity index (χ0v) is 14.0. The van der Waals surface area contributed by atoms with Gasteiger partial charge < -0.3 is 14.4 Å². The van der Waals surface area contributed by atoms with E-state index in [2.05, 4.69) is 0 Å². The Kier molecular flexibility index (Phi) is 5.36. The first-order chi connectivity index (χ1) is 11.8. The maximum absolute atomic E-state index is 12.4. The van der Waals surface area contributed by atoms with Gasteiger partial charge in [-0.2, -0.15) is 0 Å². The highest BCUT2D eigenvalue weighted by molar-refractivity contribution is 5.94. The van der Waals surface area contributed by atoms with E-state index < -0.39 is 0 Å². The van der Waals surface area contributed by atoms with Crippen LogP contribution >= 0.6 is 0 Å². The standard InChI is InChI=1S/C20H23NO3/c1-23-18-9-5-6-10-19(18)24-14-12-16-11-13-21(15-16)20(22)17-7-3-2-4-8-17/h2-10,16H,11-15H2,1H3. The zero-order valence-electron chi connectivity index (χ0n) is 14.0. The van der Waals surface area contributed by atoms with Crippen molar-refractivity contribution in [2.24, 2.45) is 5.92 Å². The first-order valence-corrected chi connectivity index (χ1v) is 8.38. The number of likely N-dealkylation sites (tertiary alicyclic amines) is 1. The Morgan fingerprint density at radius 2 is 1.79 bits per heavy atom. The highest BCUT2D eigenvalue weighted by Crippen LogP contribution is 2.27. The van der Waals surface area contributed by atoms with Gasteiger partial charge in [0.25, 0.3) is 5.91 Å². The monoisotopic (exact) mass is 325 g/mol. The van der Waals surface area contributed by atoms with Gasteiger partial charge in [-0.1, -0.05) is 30.3 Å². The summed E-state index contributed by atoms with van der Waals surface area (Å²) in [5, 5.41) is 0. The normalized spacial score (nSPS) is 16.9. The summed E-state index contributed by atoms with van der Waals surface area (Å²) >= 11 is 0. The summed E-state index contributed by atoms with van der Waals surface area (Å²) in [7, 11) is 1.65. The van der Waals surface area contributed by atoms with Crippen LogP contribution in [-0.2, 0) is 0 Å². The minimum Gasteiger partial charge on any atom is -0.493 e. The molecule has 1 heterocycles. The summed E-state index contributed by atoms with van der Waals surface area (Å²) in [5.74, 6) is 2.15. The second-order valence-electron chi connectivity index (χ2n) is 6.06. The molecule has 0 N–H and O–H groups in total. The van der Waals surface area contributed by atoms with Crippen molar-refractivity contribution in [2.45, 2.75) is 12.8 Å². The van der Waals surface area contributed by atoms with E-state index in [0.717, 1.165) is 43.0 Å². The number of ether oxygens (including phenoxy) is 2. The second-order valence-corrected chi connectivity index (χ2v) is 6.06. The van der Waals surface area contributed by atoms with Gasteiger partial charge in [0.2, 0.25) is 0 Å². The average Bonchev–Trinajstić information content (AvgIpc) is 3.11. The Morgan fingerprint density at radius 3 is 2.54 bits per heavy atom. The summed E-state index contributed by atoms with van der Waals surface area (Å²) in [5.41, 5.74) is 0.767. The quantitative estimate of drug-likeness (QED) is 0.814. The van der Waals surface area contributed by atoms with Crippen LogP contribution < -0.4 is 9.47 Å². The Bertz CT molecular complexity index is 672. The molecule has 3 rings (SSSR count). The summed E-state index contributed by atoms with van der Waals surface area (Å²) in [6.07, 6.45) is 1.98. The highest BCUT2D eigenvalue weighted by atomic mass is 16.5. The lowest BCUT2D eigenvalue weighted by atomic mass is 10.1. The zero-order chi connectivity index (χ0) is 16.8. The molecular weight excluding hydrogens is 302 g/mol. The van der Waals surface area contributed by atoms with Crippen LogP contribution in [0.25, 0.3) is 0 Å². The maximum Gasteiger partial charge on any atom is 0.253 e. The van der Waals surface area contributed by atoms with Crippen molar-refractivity contribution in [3.05, 3.63) is 60.2 Å². The summed E-state index contributed by atoms with van der Waals surface area (Å²) in [6, 6.07) is 17.2. The van der Waals surface area contributed by atoms with E-state index in [1.807, 2.05) is 59.5 Å². The summed E-state index contributed by atoms with van der Waals surface area (Å²) in [6.45, 7) is 2.27. The van der Waals surface area contributed by atoms with Crippen LogP contribution in [-0.4, -0.2) is 37.6 Å². The lowest BCUT2D eigenvalue weighted by Gasteiger charge is -2.17. The van der Waals surface area contributed by atoms with Gasteiger partial charge in [0.05, 0.1) is 13.7 Å². The topological polar surface area (TPSA) is 38.8 Å². The lowest BCUT2D eigenvalue weighted by Crippen LogP contribution is -2.28. The van der Waals surface area contributed by atoms with Crippen molar-refractivity contribution in [3.8, 4) is 11.5 Å². The van der Waals surface area contributed by atoms with E-state index in [0.29, 0.717) is 12.5 Å². The van der Waals surface area contributed by atoms with Gasteiger partial charge in [-0.15, -0.1) is 0 Å². The molecule has 2 aromatic rings. The number of benzene rings is 2. The van der Waals surface area contributed by atoms with E-state index in [-0.39, 0.29) is 5.91 Å². The van der Waals surface area contributed by atoms with Crippen molar-refractivity contribution in [2.75, 3.05) is 26.8 Å². The van der Waals surface area contributed by atoms with E-state index in [1.54, 1.807) is 7.11 Å². The van der Waals surface area contributed by atoms with Gasteiger partial charge in [-0.25, -0.2) is 0 Å². The molecule has 1 aliphatic heterocycles. The van der Waals surface area contributed by atoms with Crippen molar-refractivity contribution in [1.82, 2.24) is 4.90 Å². The Labute approximate surface area is 143 Å². The van der Waals surface area contributed by atoms with E-state index in [1.165, 1.54) is 0 Å². The Hall–Kier alpha value is -2.49. The first-order valence-electron chi connectivity index (χ1n) is 8.38. The summed E-state index contributed by atoms with van der Waals surface area (Å²) < 4.78 is 11.1. The number of hydrogen-bond donors (Lipinski definition) is 0. The molecule has 0 saturated carbocycles. The van der Waals surface area contributed by atoms with Crippen LogP contribution in [0.15, 0.2) is 54.6 Å². The van der Waals surface area contributed by atoms with Crippen molar-refractivity contribution in [1.29, 1.82) is 0 Å². The first kappa shape index (κ1) is 16.4. The third-order valence-electron chi connectivity index (χ3n) is 4.45. The number of carbonyl (C=O) groups excluding carboxylic acids is 1. The molecule has 0 spiro atoms. The molecule has 1 amide bonds. The molecular formula is C20H23NO3. The van der Waals surface area contributed by atoms with Gasteiger partial charge in [0, 0.05) is 18.7 Å². The smallest absolute Gasteiger partial charge is 0.253 e. The molecule has 0 bridgehead atoms. The van der Waals surface area contributed by atoms with Crippen molar-refractivity contribution >= 4 is 5.91 Å². The third kappa shape index (κ3) is 3.88. The predicted molar refractivity (Wildman–Crippen MR) is 93.6 cm³/mol. The molecule has 4 heteroatoms. The van der Waals surface area contributed by atoms with Crippen LogP contribution in [0.2, 0.25) is 0 Å². The molecule has 1 saturated heterocycles. The van der Waals surface area contributed by atoms with Gasteiger partial charge in [-0.3, -0.25) is 4.79 Å². The fourth-order valence-corrected chi connectivity index (χ4v) is 3.09. The number of nitrogens with zero attached hydrogens (tertiary/aromatic N) is 1. The fourth-order valence-electron chi connectivity index (χ4n) is 3.09. The molecule has 0 aliphatic carbocycles. The van der Waals surface area contributed by atoms with Crippen LogP contribution in [0.5, 0.6) is 11.5 Å². The molecule has 1 atom stereocenters. The van der Waals surface area contributed by atoms with Crippen LogP contribution in [0.3, 0.4) is 0 Å². The number of carbonyl (C=O) groups is 1. The molecule has 0 radical (unpaired) electrons. The molecule has 1 unspecified atom stereocenters. The van der Waals surface area contributed by atoms with Crippen LogP contribution in [0.4, 0.5) is 0 Å². The minimum absolute atomic E-state index is 0.128. The van der Waals surface area contributed by atoms with Gasteiger partial charge in [0.15, 0.2) is 11.5 Å². The Morgan fingerprint density at radius 1 is 1.08 bits per heavy atom. The van der Waals surface area contributed by atoms with E-state index in [9.17, 15) is 4.79 Å². The highest BCUT2D eigenvalue weighted by Gasteiger charge is 2.26. The minimum atomic E-state index is 0.128. The van der Waals surface area contributed by atoms with Crippen LogP contribution in [0.1, 0.15) is 23.2 Å². The van der Waals surface area contributed by atoms with Crippen molar-refractivity contribution in [3.63, 3.8) is 0 Å². The van der Waals surface area contributed by atoms with Crippen molar-refractivity contribution < 1.29 is 14.3 Å². The maximum atomic E-state index is 12.4. The number of amides is 1. The van der Waals surface area contributed by atoms with E-state index in [4.69, 9.17) is 9.47 Å². The van der Waals surface area contributed by atoms with E-state index >= 15 is 0 Å². The third-order valence-corrected chi connectivity index (χ3v) is 4.45. The summed E-state index contributed by atoms with van der Waals surface area (Å²) in [4.78, 5) is 14.4. The van der Waals surface area contributed by atoms with Gasteiger partial charge >= 0.3 is 0 Å². The molecule has 126 valence electrons. The number of rotatable bonds is 6. The largest absolute Gasteiger partial charge is 0.493 e. The fraction of sp³-hybridized carbons (Fsp3) is 0.350. The molecule has 0 aromatic heterocycles.